The standard InChI is InChI=1S/C6H14O3.C4H6O2/c1-2-6(3-7,4-8)5-9;5-4(6)3-1-2-3/h7-9H,2-5H2,1H3;3H,1-2H2,(H,5,6). The summed E-state index contributed by atoms with van der Waals surface area (Å²) in [5, 5.41) is 34.0. The van der Waals surface area contributed by atoms with Crippen molar-refractivity contribution in [2.45, 2.75) is 26.2 Å². The molecule has 0 saturated heterocycles. The molecule has 5 heteroatoms. The Labute approximate surface area is 89.4 Å². The lowest BCUT2D eigenvalue weighted by molar-refractivity contribution is -0.138. The molecule has 90 valence electrons. The molecule has 0 radical (unpaired) electrons. The lowest BCUT2D eigenvalue weighted by Gasteiger charge is -2.24. The molecule has 0 aliphatic heterocycles. The Bertz CT molecular complexity index is 167. The van der Waals surface area contributed by atoms with Crippen LogP contribution in [0.4, 0.5) is 0 Å². The first kappa shape index (κ1) is 14.3. The molecule has 0 aromatic carbocycles. The molecule has 1 aliphatic rings. The molecule has 0 aromatic heterocycles. The SMILES string of the molecule is CCC(CO)(CO)CO.O=C(O)C1CC1. The van der Waals surface area contributed by atoms with Crippen molar-refractivity contribution in [3.8, 4) is 0 Å². The second-order valence-electron chi connectivity index (χ2n) is 3.94. The van der Waals surface area contributed by atoms with Crippen molar-refractivity contribution in [1.82, 2.24) is 0 Å². The van der Waals surface area contributed by atoms with E-state index in [9.17, 15) is 4.79 Å². The van der Waals surface area contributed by atoms with Crippen LogP contribution in [0.5, 0.6) is 0 Å². The van der Waals surface area contributed by atoms with Gasteiger partial charge in [0.2, 0.25) is 0 Å². The molecule has 0 aromatic rings. The summed E-state index contributed by atoms with van der Waals surface area (Å²) in [6, 6.07) is 0. The molecule has 15 heavy (non-hydrogen) atoms. The fraction of sp³-hybridized carbons (Fsp3) is 0.900. The molecule has 5 nitrogen and oxygen atoms in total. The number of aliphatic hydroxyl groups is 3. The van der Waals surface area contributed by atoms with Crippen molar-refractivity contribution >= 4 is 5.97 Å². The first-order chi connectivity index (χ1) is 7.05. The van der Waals surface area contributed by atoms with Crippen molar-refractivity contribution in [3.63, 3.8) is 0 Å². The third-order valence-corrected chi connectivity index (χ3v) is 2.68. The second-order valence-corrected chi connectivity index (χ2v) is 3.94. The number of aliphatic hydroxyl groups excluding tert-OH is 3. The zero-order valence-electron chi connectivity index (χ0n) is 9.02. The van der Waals surface area contributed by atoms with E-state index in [1.165, 1.54) is 0 Å². The zero-order chi connectivity index (χ0) is 11.9. The van der Waals surface area contributed by atoms with Crippen LogP contribution in [0.1, 0.15) is 26.2 Å². The van der Waals surface area contributed by atoms with Gasteiger partial charge in [0, 0.05) is 5.41 Å². The molecule has 1 rings (SSSR count). The van der Waals surface area contributed by atoms with Gasteiger partial charge in [-0.25, -0.2) is 0 Å². The lowest BCUT2D eigenvalue weighted by Crippen LogP contribution is -2.32. The van der Waals surface area contributed by atoms with Crippen LogP contribution < -0.4 is 0 Å². The van der Waals surface area contributed by atoms with Crippen LogP contribution in [-0.4, -0.2) is 46.2 Å². The topological polar surface area (TPSA) is 98.0 Å². The van der Waals surface area contributed by atoms with Crippen LogP contribution in [0.2, 0.25) is 0 Å². The minimum atomic E-state index is -0.667. The van der Waals surface area contributed by atoms with Crippen molar-refractivity contribution < 1.29 is 25.2 Å². The Kier molecular flexibility index (Phi) is 6.47. The number of carboxylic acids is 1. The third-order valence-electron chi connectivity index (χ3n) is 2.68. The minimum Gasteiger partial charge on any atom is -0.481 e. The summed E-state index contributed by atoms with van der Waals surface area (Å²) >= 11 is 0. The molecular formula is C10H20O5. The summed E-state index contributed by atoms with van der Waals surface area (Å²) in [6.07, 6.45) is 2.39. The van der Waals surface area contributed by atoms with Crippen LogP contribution in [-0.2, 0) is 4.79 Å². The van der Waals surface area contributed by atoms with E-state index in [0.717, 1.165) is 12.8 Å². The molecule has 1 aliphatic carbocycles. The Balaban J connectivity index is 0.000000280. The minimum absolute atomic E-state index is 0.0185. The molecule has 0 atom stereocenters. The second kappa shape index (κ2) is 6.76. The van der Waals surface area contributed by atoms with Gasteiger partial charge in [-0.05, 0) is 19.3 Å². The Morgan fingerprint density at radius 1 is 1.20 bits per heavy atom. The Morgan fingerprint density at radius 2 is 1.60 bits per heavy atom. The van der Waals surface area contributed by atoms with Gasteiger partial charge in [-0.2, -0.15) is 0 Å². The van der Waals surface area contributed by atoms with Gasteiger partial charge in [0.25, 0.3) is 0 Å². The van der Waals surface area contributed by atoms with Gasteiger partial charge in [-0.3, -0.25) is 4.79 Å². The van der Waals surface area contributed by atoms with E-state index in [2.05, 4.69) is 0 Å². The number of rotatable bonds is 5. The number of hydrogen-bond donors (Lipinski definition) is 4. The van der Waals surface area contributed by atoms with Crippen LogP contribution in [0.25, 0.3) is 0 Å². The van der Waals surface area contributed by atoms with Crippen LogP contribution in [0, 0.1) is 11.3 Å². The van der Waals surface area contributed by atoms with E-state index in [0.29, 0.717) is 6.42 Å². The number of carboxylic acid groups (broad SMARTS) is 1. The Hall–Kier alpha value is -0.650. The number of hydrogen-bond acceptors (Lipinski definition) is 4. The average molecular weight is 220 g/mol. The summed E-state index contributed by atoms with van der Waals surface area (Å²) in [7, 11) is 0. The van der Waals surface area contributed by atoms with Gasteiger partial charge in [0.1, 0.15) is 0 Å². The van der Waals surface area contributed by atoms with Crippen LogP contribution >= 0.6 is 0 Å². The van der Waals surface area contributed by atoms with Gasteiger partial charge in [-0.15, -0.1) is 0 Å². The van der Waals surface area contributed by atoms with E-state index >= 15 is 0 Å². The molecule has 0 unspecified atom stereocenters. The zero-order valence-corrected chi connectivity index (χ0v) is 9.02. The smallest absolute Gasteiger partial charge is 0.306 e. The van der Waals surface area contributed by atoms with Gasteiger partial charge in [0.05, 0.1) is 25.7 Å². The van der Waals surface area contributed by atoms with Gasteiger partial charge >= 0.3 is 5.97 Å². The molecule has 0 heterocycles. The summed E-state index contributed by atoms with van der Waals surface area (Å²) < 4.78 is 0. The average Bonchev–Trinajstić information content (AvgIpc) is 3.06. The maximum Gasteiger partial charge on any atom is 0.306 e. The third kappa shape index (κ3) is 5.11. The first-order valence-electron chi connectivity index (χ1n) is 5.10. The molecule has 1 saturated carbocycles. The number of aliphatic carboxylic acids is 1. The highest BCUT2D eigenvalue weighted by molar-refractivity contribution is 5.72. The summed E-state index contributed by atoms with van der Waals surface area (Å²) in [6.45, 7) is 1.35. The van der Waals surface area contributed by atoms with E-state index in [1.54, 1.807) is 0 Å². The summed E-state index contributed by atoms with van der Waals surface area (Å²) in [5.41, 5.74) is -0.667. The van der Waals surface area contributed by atoms with E-state index in [1.807, 2.05) is 6.92 Å². The monoisotopic (exact) mass is 220 g/mol. The van der Waals surface area contributed by atoms with E-state index in [4.69, 9.17) is 20.4 Å². The summed E-state index contributed by atoms with van der Waals surface area (Å²) in [4.78, 5) is 9.76. The molecule has 1 fully saturated rings. The predicted molar refractivity (Wildman–Crippen MR) is 54.3 cm³/mol. The lowest BCUT2D eigenvalue weighted by atomic mass is 9.88. The molecular weight excluding hydrogens is 200 g/mol. The molecule has 0 amide bonds. The molecule has 0 spiro atoms. The van der Waals surface area contributed by atoms with Gasteiger partial charge in [-0.1, -0.05) is 6.92 Å². The quantitative estimate of drug-likeness (QED) is 0.516. The van der Waals surface area contributed by atoms with Gasteiger partial charge in [0.15, 0.2) is 0 Å². The predicted octanol–water partition coefficient (Wildman–Crippen LogP) is -0.159. The first-order valence-corrected chi connectivity index (χ1v) is 5.10. The highest BCUT2D eigenvalue weighted by Crippen LogP contribution is 2.28. The molecule has 0 bridgehead atoms. The maximum absolute atomic E-state index is 9.76. The number of carbonyl (C=O) groups is 1. The highest BCUT2D eigenvalue weighted by Gasteiger charge is 2.28. The van der Waals surface area contributed by atoms with Crippen molar-refractivity contribution in [2.75, 3.05) is 19.8 Å². The van der Waals surface area contributed by atoms with Gasteiger partial charge < -0.3 is 20.4 Å². The van der Waals surface area contributed by atoms with Crippen molar-refractivity contribution in [2.24, 2.45) is 11.3 Å². The highest BCUT2D eigenvalue weighted by atomic mass is 16.4. The fourth-order valence-electron chi connectivity index (χ4n) is 0.816. The Morgan fingerprint density at radius 3 is 1.60 bits per heavy atom. The van der Waals surface area contributed by atoms with Crippen LogP contribution in [0.15, 0.2) is 0 Å². The maximum atomic E-state index is 9.76. The fourth-order valence-corrected chi connectivity index (χ4v) is 0.816. The normalized spacial score (nSPS) is 15.5. The largest absolute Gasteiger partial charge is 0.481 e. The van der Waals surface area contributed by atoms with Crippen molar-refractivity contribution in [1.29, 1.82) is 0 Å². The van der Waals surface area contributed by atoms with Crippen LogP contribution in [0.3, 0.4) is 0 Å². The summed E-state index contributed by atoms with van der Waals surface area (Å²) in [5.74, 6) is -0.611. The van der Waals surface area contributed by atoms with Crippen molar-refractivity contribution in [3.05, 3.63) is 0 Å². The van der Waals surface area contributed by atoms with E-state index < -0.39 is 11.4 Å². The van der Waals surface area contributed by atoms with E-state index in [-0.39, 0.29) is 25.7 Å². The molecule has 4 N–H and O–H groups in total.